The first-order chi connectivity index (χ1) is 9.08. The lowest BCUT2D eigenvalue weighted by molar-refractivity contribution is 0.577. The number of benzene rings is 1. The maximum Gasteiger partial charge on any atom is 0.240 e. The van der Waals surface area contributed by atoms with Gasteiger partial charge in [-0.3, -0.25) is 4.98 Å². The molecule has 19 heavy (non-hydrogen) atoms. The first kappa shape index (κ1) is 13.6. The molecule has 2 aromatic rings. The molecule has 0 aliphatic carbocycles. The zero-order valence-electron chi connectivity index (χ0n) is 10.1. The molecule has 1 heterocycles. The Kier molecular flexibility index (Phi) is 4.24. The first-order valence-corrected chi connectivity index (χ1v) is 7.20. The second-order valence-corrected chi connectivity index (χ2v) is 5.73. The minimum Gasteiger partial charge on any atom is -0.264 e. The summed E-state index contributed by atoms with van der Waals surface area (Å²) in [5.41, 5.74) is 0.935. The SMILES string of the molecule is O=S(=O)(NCCc1cccnc1)c1cccc(F)c1. The number of nitrogens with zero attached hydrogens (tertiary/aromatic N) is 1. The van der Waals surface area contributed by atoms with E-state index < -0.39 is 15.8 Å². The normalized spacial score (nSPS) is 11.4. The third kappa shape index (κ3) is 3.84. The topological polar surface area (TPSA) is 59.1 Å². The summed E-state index contributed by atoms with van der Waals surface area (Å²) in [5.74, 6) is -0.574. The molecular weight excluding hydrogens is 267 g/mol. The zero-order valence-corrected chi connectivity index (χ0v) is 10.9. The number of aromatic nitrogens is 1. The molecule has 2 rings (SSSR count). The number of sulfonamides is 1. The quantitative estimate of drug-likeness (QED) is 0.907. The van der Waals surface area contributed by atoms with E-state index >= 15 is 0 Å². The van der Waals surface area contributed by atoms with E-state index in [9.17, 15) is 12.8 Å². The number of hydrogen-bond donors (Lipinski definition) is 1. The van der Waals surface area contributed by atoms with Crippen LogP contribution in [-0.4, -0.2) is 19.9 Å². The summed E-state index contributed by atoms with van der Waals surface area (Å²) in [6.45, 7) is 0.241. The molecule has 0 bridgehead atoms. The molecule has 0 aliphatic heterocycles. The molecule has 0 saturated carbocycles. The van der Waals surface area contributed by atoms with Gasteiger partial charge < -0.3 is 0 Å². The van der Waals surface area contributed by atoms with Crippen LogP contribution in [0.4, 0.5) is 4.39 Å². The Balaban J connectivity index is 1.99. The lowest BCUT2D eigenvalue weighted by atomic mass is 10.2. The van der Waals surface area contributed by atoms with Gasteiger partial charge >= 0.3 is 0 Å². The average molecular weight is 280 g/mol. The molecular formula is C13H13FN2O2S. The predicted octanol–water partition coefficient (Wildman–Crippen LogP) is 1.74. The minimum atomic E-state index is -3.66. The molecule has 0 unspecified atom stereocenters. The summed E-state index contributed by atoms with van der Waals surface area (Å²) in [6, 6.07) is 8.57. The molecule has 1 aromatic carbocycles. The third-order valence-corrected chi connectivity index (χ3v) is 3.99. The molecule has 1 N–H and O–H groups in total. The average Bonchev–Trinajstić information content (AvgIpc) is 2.40. The fourth-order valence-electron chi connectivity index (χ4n) is 1.59. The van der Waals surface area contributed by atoms with Crippen molar-refractivity contribution in [1.82, 2.24) is 9.71 Å². The van der Waals surface area contributed by atoms with Crippen LogP contribution in [0, 0.1) is 5.82 Å². The van der Waals surface area contributed by atoms with Crippen LogP contribution in [0.2, 0.25) is 0 Å². The Bertz CT molecular complexity index is 645. The van der Waals surface area contributed by atoms with Gasteiger partial charge in [0.1, 0.15) is 5.82 Å². The summed E-state index contributed by atoms with van der Waals surface area (Å²) in [4.78, 5) is 3.87. The molecule has 0 spiro atoms. The fraction of sp³-hybridized carbons (Fsp3) is 0.154. The summed E-state index contributed by atoms with van der Waals surface area (Å²) in [6.07, 6.45) is 3.86. The zero-order chi connectivity index (χ0) is 13.7. The predicted molar refractivity (Wildman–Crippen MR) is 69.5 cm³/mol. The van der Waals surface area contributed by atoms with Gasteiger partial charge in [-0.05, 0) is 36.2 Å². The second kappa shape index (κ2) is 5.90. The Labute approximate surface area is 111 Å². The molecule has 0 fully saturated rings. The van der Waals surface area contributed by atoms with E-state index in [0.29, 0.717) is 6.42 Å². The summed E-state index contributed by atoms with van der Waals surface area (Å²) >= 11 is 0. The molecule has 0 radical (unpaired) electrons. The van der Waals surface area contributed by atoms with Crippen LogP contribution in [0.25, 0.3) is 0 Å². The van der Waals surface area contributed by atoms with Gasteiger partial charge in [0.25, 0.3) is 0 Å². The van der Waals surface area contributed by atoms with E-state index in [1.807, 2.05) is 6.07 Å². The van der Waals surface area contributed by atoms with Gasteiger partial charge in [-0.2, -0.15) is 0 Å². The maximum absolute atomic E-state index is 13.0. The summed E-state index contributed by atoms with van der Waals surface area (Å²) < 4.78 is 39.2. The van der Waals surface area contributed by atoms with E-state index in [1.165, 1.54) is 18.2 Å². The van der Waals surface area contributed by atoms with E-state index in [-0.39, 0.29) is 11.4 Å². The lowest BCUT2D eigenvalue weighted by Crippen LogP contribution is -2.26. The van der Waals surface area contributed by atoms with Gasteiger partial charge in [0.2, 0.25) is 10.0 Å². The van der Waals surface area contributed by atoms with Gasteiger partial charge in [-0.25, -0.2) is 17.5 Å². The van der Waals surface area contributed by atoms with Crippen molar-refractivity contribution < 1.29 is 12.8 Å². The molecule has 6 heteroatoms. The molecule has 0 amide bonds. The standard InChI is InChI=1S/C13H13FN2O2S/c14-12-4-1-5-13(9-12)19(17,18)16-8-6-11-3-2-7-15-10-11/h1-5,7,9-10,16H,6,8H2. The van der Waals surface area contributed by atoms with E-state index in [0.717, 1.165) is 11.6 Å². The molecule has 0 aliphatic rings. The fourth-order valence-corrected chi connectivity index (χ4v) is 2.66. The smallest absolute Gasteiger partial charge is 0.240 e. The van der Waals surface area contributed by atoms with Crippen molar-refractivity contribution in [2.45, 2.75) is 11.3 Å². The van der Waals surface area contributed by atoms with E-state index in [2.05, 4.69) is 9.71 Å². The van der Waals surface area contributed by atoms with Gasteiger partial charge in [0.15, 0.2) is 0 Å². The van der Waals surface area contributed by atoms with Crippen molar-refractivity contribution >= 4 is 10.0 Å². The van der Waals surface area contributed by atoms with E-state index in [4.69, 9.17) is 0 Å². The highest BCUT2D eigenvalue weighted by atomic mass is 32.2. The summed E-state index contributed by atoms with van der Waals surface area (Å²) in [7, 11) is -3.66. The molecule has 0 atom stereocenters. The highest BCUT2D eigenvalue weighted by Gasteiger charge is 2.13. The highest BCUT2D eigenvalue weighted by molar-refractivity contribution is 7.89. The van der Waals surface area contributed by atoms with Crippen LogP contribution in [-0.2, 0) is 16.4 Å². The van der Waals surface area contributed by atoms with Crippen LogP contribution in [0.3, 0.4) is 0 Å². The number of rotatable bonds is 5. The Morgan fingerprint density at radius 2 is 2.05 bits per heavy atom. The maximum atomic E-state index is 13.0. The van der Waals surface area contributed by atoms with Gasteiger partial charge in [-0.1, -0.05) is 12.1 Å². The molecule has 0 saturated heterocycles. The molecule has 4 nitrogen and oxygen atoms in total. The van der Waals surface area contributed by atoms with Gasteiger partial charge in [0.05, 0.1) is 4.90 Å². The van der Waals surface area contributed by atoms with Crippen LogP contribution in [0.5, 0.6) is 0 Å². The Hall–Kier alpha value is -1.79. The number of nitrogens with one attached hydrogen (secondary N) is 1. The molecule has 1 aromatic heterocycles. The Morgan fingerprint density at radius 3 is 2.74 bits per heavy atom. The van der Waals surface area contributed by atoms with Crippen LogP contribution >= 0.6 is 0 Å². The largest absolute Gasteiger partial charge is 0.264 e. The van der Waals surface area contributed by atoms with Crippen LogP contribution < -0.4 is 4.72 Å². The summed E-state index contributed by atoms with van der Waals surface area (Å²) in [5, 5.41) is 0. The van der Waals surface area contributed by atoms with Gasteiger partial charge in [-0.15, -0.1) is 0 Å². The van der Waals surface area contributed by atoms with Crippen molar-refractivity contribution in [3.63, 3.8) is 0 Å². The lowest BCUT2D eigenvalue weighted by Gasteiger charge is -2.06. The molecule has 100 valence electrons. The highest BCUT2D eigenvalue weighted by Crippen LogP contribution is 2.10. The Morgan fingerprint density at radius 1 is 1.21 bits per heavy atom. The van der Waals surface area contributed by atoms with Gasteiger partial charge in [0, 0.05) is 18.9 Å². The van der Waals surface area contributed by atoms with Crippen molar-refractivity contribution in [2.24, 2.45) is 0 Å². The van der Waals surface area contributed by atoms with Crippen LogP contribution in [0.1, 0.15) is 5.56 Å². The van der Waals surface area contributed by atoms with Crippen molar-refractivity contribution in [2.75, 3.05) is 6.54 Å². The first-order valence-electron chi connectivity index (χ1n) is 5.72. The van der Waals surface area contributed by atoms with Crippen LogP contribution in [0.15, 0.2) is 53.7 Å². The third-order valence-electron chi connectivity index (χ3n) is 2.53. The number of pyridine rings is 1. The number of hydrogen-bond acceptors (Lipinski definition) is 3. The second-order valence-electron chi connectivity index (χ2n) is 3.97. The minimum absolute atomic E-state index is 0.0707. The number of halogens is 1. The van der Waals surface area contributed by atoms with Crippen molar-refractivity contribution in [3.8, 4) is 0 Å². The van der Waals surface area contributed by atoms with Crippen molar-refractivity contribution in [3.05, 3.63) is 60.2 Å². The monoisotopic (exact) mass is 280 g/mol. The van der Waals surface area contributed by atoms with E-state index in [1.54, 1.807) is 18.5 Å². The van der Waals surface area contributed by atoms with Crippen molar-refractivity contribution in [1.29, 1.82) is 0 Å².